The average molecular weight is 356 g/mol. The fourth-order valence-electron chi connectivity index (χ4n) is 4.31. The zero-order valence-electron chi connectivity index (χ0n) is 15.1. The maximum absolute atomic E-state index is 12.8. The highest BCUT2D eigenvalue weighted by Crippen LogP contribution is 2.38. The first-order valence-corrected chi connectivity index (χ1v) is 9.14. The van der Waals surface area contributed by atoms with Gasteiger partial charge in [0, 0.05) is 37.6 Å². The van der Waals surface area contributed by atoms with Gasteiger partial charge in [-0.2, -0.15) is 0 Å². The van der Waals surface area contributed by atoms with Gasteiger partial charge in [-0.15, -0.1) is 0 Å². The number of carbonyl (C=O) groups excluding carboxylic acids is 1. The summed E-state index contributed by atoms with van der Waals surface area (Å²) in [5.41, 5.74) is 1.27. The highest BCUT2D eigenvalue weighted by atomic mass is 16.5. The van der Waals surface area contributed by atoms with E-state index in [-0.39, 0.29) is 17.2 Å². The van der Waals surface area contributed by atoms with Gasteiger partial charge in [0.15, 0.2) is 0 Å². The van der Waals surface area contributed by atoms with Crippen molar-refractivity contribution in [3.63, 3.8) is 0 Å². The normalized spacial score (nSPS) is 23.5. The molecule has 2 aromatic heterocycles. The minimum absolute atomic E-state index is 0.0495. The Morgan fingerprint density at radius 1 is 1.35 bits per heavy atom. The van der Waals surface area contributed by atoms with E-state index in [0.29, 0.717) is 5.88 Å². The molecule has 26 heavy (non-hydrogen) atoms. The maximum atomic E-state index is 12.8. The van der Waals surface area contributed by atoms with Gasteiger partial charge in [-0.1, -0.05) is 6.07 Å². The Balaban J connectivity index is 1.50. The molecule has 2 saturated heterocycles. The Labute approximate surface area is 152 Å². The van der Waals surface area contributed by atoms with Crippen LogP contribution in [0.4, 0.5) is 0 Å². The standard InChI is InChI=1S/C19H24N4O3/c1-25-17-11-16(26-21-17)18(24)22-9-3-6-19(14-22)7-4-10-23(19)13-15-5-2-8-20-12-15/h2,5,8,11-12H,3-4,6-7,9-10,13-14H2,1H3. The second kappa shape index (κ2) is 7.07. The van der Waals surface area contributed by atoms with Crippen molar-refractivity contribution in [3.05, 3.63) is 41.9 Å². The van der Waals surface area contributed by atoms with Crippen LogP contribution in [0, 0.1) is 0 Å². The molecule has 2 fully saturated rings. The van der Waals surface area contributed by atoms with Gasteiger partial charge in [0.1, 0.15) is 0 Å². The van der Waals surface area contributed by atoms with E-state index in [9.17, 15) is 4.79 Å². The lowest BCUT2D eigenvalue weighted by molar-refractivity contribution is 0.0271. The number of pyridine rings is 1. The van der Waals surface area contributed by atoms with Gasteiger partial charge in [-0.25, -0.2) is 0 Å². The van der Waals surface area contributed by atoms with Crippen molar-refractivity contribution in [2.75, 3.05) is 26.7 Å². The summed E-state index contributed by atoms with van der Waals surface area (Å²) in [4.78, 5) is 21.5. The second-order valence-corrected chi connectivity index (χ2v) is 7.17. The van der Waals surface area contributed by atoms with Crippen LogP contribution in [0.5, 0.6) is 5.88 Å². The van der Waals surface area contributed by atoms with Crippen molar-refractivity contribution in [2.45, 2.75) is 37.8 Å². The number of carbonyl (C=O) groups is 1. The van der Waals surface area contributed by atoms with Crippen molar-refractivity contribution < 1.29 is 14.1 Å². The Hall–Kier alpha value is -2.41. The zero-order chi connectivity index (χ0) is 18.0. The average Bonchev–Trinajstić information content (AvgIpc) is 3.30. The predicted octanol–water partition coefficient (Wildman–Crippen LogP) is 2.35. The number of rotatable bonds is 4. The lowest BCUT2D eigenvalue weighted by Crippen LogP contribution is -2.56. The minimum atomic E-state index is -0.104. The first-order valence-electron chi connectivity index (χ1n) is 9.14. The van der Waals surface area contributed by atoms with Gasteiger partial charge in [-0.3, -0.25) is 14.7 Å². The number of aromatic nitrogens is 2. The van der Waals surface area contributed by atoms with E-state index in [1.807, 2.05) is 17.2 Å². The van der Waals surface area contributed by atoms with Crippen molar-refractivity contribution in [1.82, 2.24) is 19.9 Å². The number of ether oxygens (including phenoxy) is 1. The number of amides is 1. The Morgan fingerprint density at radius 2 is 2.19 bits per heavy atom. The van der Waals surface area contributed by atoms with Crippen molar-refractivity contribution in [2.24, 2.45) is 0 Å². The Bertz CT molecular complexity index is 763. The molecule has 2 aliphatic heterocycles. The molecule has 0 radical (unpaired) electrons. The largest absolute Gasteiger partial charge is 0.479 e. The van der Waals surface area contributed by atoms with E-state index in [2.05, 4.69) is 21.1 Å². The summed E-state index contributed by atoms with van der Waals surface area (Å²) in [6.45, 7) is 3.43. The molecule has 1 atom stereocenters. The molecule has 4 heterocycles. The molecule has 138 valence electrons. The van der Waals surface area contributed by atoms with Crippen LogP contribution in [0.15, 0.2) is 35.1 Å². The van der Waals surface area contributed by atoms with Gasteiger partial charge in [-0.05, 0) is 49.0 Å². The van der Waals surface area contributed by atoms with Crippen molar-refractivity contribution >= 4 is 5.91 Å². The number of nitrogens with zero attached hydrogens (tertiary/aromatic N) is 4. The molecule has 2 aromatic rings. The lowest BCUT2D eigenvalue weighted by atomic mass is 9.86. The molecule has 0 N–H and O–H groups in total. The molecule has 1 unspecified atom stereocenters. The summed E-state index contributed by atoms with van der Waals surface area (Å²) in [5.74, 6) is 0.475. The topological polar surface area (TPSA) is 71.7 Å². The smallest absolute Gasteiger partial charge is 0.292 e. The van der Waals surface area contributed by atoms with E-state index in [0.717, 1.165) is 45.4 Å². The summed E-state index contributed by atoms with van der Waals surface area (Å²) < 4.78 is 10.2. The predicted molar refractivity (Wildman–Crippen MR) is 94.8 cm³/mol. The van der Waals surface area contributed by atoms with Gasteiger partial charge < -0.3 is 14.2 Å². The highest BCUT2D eigenvalue weighted by molar-refractivity contribution is 5.91. The zero-order valence-corrected chi connectivity index (χ0v) is 15.1. The van der Waals surface area contributed by atoms with E-state index < -0.39 is 0 Å². The van der Waals surface area contributed by atoms with E-state index in [1.54, 1.807) is 12.3 Å². The SMILES string of the molecule is COc1cc(C(=O)N2CCCC3(CCCN3Cc3cccnc3)C2)on1. The van der Waals surface area contributed by atoms with E-state index >= 15 is 0 Å². The molecule has 1 amide bonds. The summed E-state index contributed by atoms with van der Waals surface area (Å²) in [5, 5.41) is 3.75. The summed E-state index contributed by atoms with van der Waals surface area (Å²) in [6, 6.07) is 5.66. The number of hydrogen-bond donors (Lipinski definition) is 0. The molecular formula is C19H24N4O3. The second-order valence-electron chi connectivity index (χ2n) is 7.17. The molecule has 1 spiro atoms. The van der Waals surface area contributed by atoms with Gasteiger partial charge in [0.25, 0.3) is 11.8 Å². The number of hydrogen-bond acceptors (Lipinski definition) is 6. The molecule has 0 bridgehead atoms. The number of likely N-dealkylation sites (tertiary alicyclic amines) is 2. The summed E-state index contributed by atoms with van der Waals surface area (Å²) >= 11 is 0. The minimum Gasteiger partial charge on any atom is -0.479 e. The van der Waals surface area contributed by atoms with Crippen LogP contribution < -0.4 is 4.74 Å². The summed E-state index contributed by atoms with van der Waals surface area (Å²) in [6.07, 6.45) is 8.14. The third kappa shape index (κ3) is 3.19. The fraction of sp³-hybridized carbons (Fsp3) is 0.526. The molecule has 7 nitrogen and oxygen atoms in total. The first-order chi connectivity index (χ1) is 12.7. The Morgan fingerprint density at radius 3 is 2.92 bits per heavy atom. The van der Waals surface area contributed by atoms with Crippen LogP contribution in [0.25, 0.3) is 0 Å². The molecule has 0 aliphatic carbocycles. The monoisotopic (exact) mass is 356 g/mol. The first kappa shape index (κ1) is 17.0. The van der Waals surface area contributed by atoms with Crippen LogP contribution >= 0.6 is 0 Å². The molecule has 2 aliphatic rings. The van der Waals surface area contributed by atoms with Gasteiger partial charge in [0.05, 0.1) is 13.2 Å². The van der Waals surface area contributed by atoms with Gasteiger partial charge >= 0.3 is 0 Å². The molecular weight excluding hydrogens is 332 g/mol. The van der Waals surface area contributed by atoms with Crippen molar-refractivity contribution in [1.29, 1.82) is 0 Å². The van der Waals surface area contributed by atoms with Crippen molar-refractivity contribution in [3.8, 4) is 5.88 Å². The molecule has 0 aromatic carbocycles. The van der Waals surface area contributed by atoms with Crippen LogP contribution in [0.2, 0.25) is 0 Å². The molecule has 4 rings (SSSR count). The third-order valence-electron chi connectivity index (χ3n) is 5.59. The van der Waals surface area contributed by atoms with Crippen LogP contribution in [-0.2, 0) is 6.54 Å². The van der Waals surface area contributed by atoms with E-state index in [4.69, 9.17) is 9.26 Å². The fourth-order valence-corrected chi connectivity index (χ4v) is 4.31. The lowest BCUT2D eigenvalue weighted by Gasteiger charge is -2.45. The quantitative estimate of drug-likeness (QED) is 0.837. The molecule has 0 saturated carbocycles. The van der Waals surface area contributed by atoms with Gasteiger partial charge in [0.2, 0.25) is 5.76 Å². The Kier molecular flexibility index (Phi) is 4.63. The maximum Gasteiger partial charge on any atom is 0.292 e. The highest BCUT2D eigenvalue weighted by Gasteiger charge is 2.45. The number of methoxy groups -OCH3 is 1. The third-order valence-corrected chi connectivity index (χ3v) is 5.59. The van der Waals surface area contributed by atoms with E-state index in [1.165, 1.54) is 19.1 Å². The molecule has 7 heteroatoms. The van der Waals surface area contributed by atoms with Crippen LogP contribution in [-0.4, -0.2) is 58.1 Å². The van der Waals surface area contributed by atoms with Crippen LogP contribution in [0.3, 0.4) is 0 Å². The van der Waals surface area contributed by atoms with Crippen LogP contribution in [0.1, 0.15) is 41.8 Å². The number of piperidine rings is 1. The summed E-state index contributed by atoms with van der Waals surface area (Å²) in [7, 11) is 1.51.